The maximum absolute atomic E-state index is 13.4. The van der Waals surface area contributed by atoms with Gasteiger partial charge in [0.15, 0.2) is 5.65 Å². The average molecular weight is 479 g/mol. The van der Waals surface area contributed by atoms with E-state index in [1.807, 2.05) is 36.5 Å². The van der Waals surface area contributed by atoms with Gasteiger partial charge in [-0.25, -0.2) is 9.97 Å². The number of hydrogen-bond donors (Lipinski definition) is 1. The molecule has 0 amide bonds. The molecule has 2 atom stereocenters. The summed E-state index contributed by atoms with van der Waals surface area (Å²) in [5.74, 6) is 1.31. The molecule has 2 aromatic carbocycles. The van der Waals surface area contributed by atoms with Crippen molar-refractivity contribution < 1.29 is 13.2 Å². The molecule has 1 aliphatic carbocycles. The summed E-state index contributed by atoms with van der Waals surface area (Å²) >= 11 is 0. The highest BCUT2D eigenvalue weighted by molar-refractivity contribution is 6.02. The number of hydrogen-bond acceptors (Lipinski definition) is 3. The fraction of sp³-hybridized carbons (Fsp3) is 0.357. The molecule has 1 saturated carbocycles. The van der Waals surface area contributed by atoms with Gasteiger partial charge in [0.2, 0.25) is 0 Å². The number of rotatable bonds is 4. The summed E-state index contributed by atoms with van der Waals surface area (Å²) in [6, 6.07) is 15.4. The molecule has 182 valence electrons. The summed E-state index contributed by atoms with van der Waals surface area (Å²) in [6.07, 6.45) is 2.18. The highest BCUT2D eigenvalue weighted by atomic mass is 19.4. The first-order valence-corrected chi connectivity index (χ1v) is 12.0. The maximum Gasteiger partial charge on any atom is 0.416 e. The van der Waals surface area contributed by atoms with Crippen molar-refractivity contribution in [3.8, 4) is 16.8 Å². The highest BCUT2D eigenvalue weighted by Crippen LogP contribution is 2.41. The molecule has 0 aliphatic heterocycles. The lowest BCUT2D eigenvalue weighted by atomic mass is 9.70. The Labute approximate surface area is 203 Å². The van der Waals surface area contributed by atoms with Gasteiger partial charge in [0.1, 0.15) is 12.1 Å². The van der Waals surface area contributed by atoms with Crippen LogP contribution in [0.15, 0.2) is 67.1 Å². The van der Waals surface area contributed by atoms with Gasteiger partial charge in [0, 0.05) is 23.5 Å². The summed E-state index contributed by atoms with van der Waals surface area (Å²) in [4.78, 5) is 9.13. The van der Waals surface area contributed by atoms with E-state index >= 15 is 0 Å². The van der Waals surface area contributed by atoms with Gasteiger partial charge in [-0.05, 0) is 54.4 Å². The molecule has 0 unspecified atom stereocenters. The van der Waals surface area contributed by atoms with Crippen LogP contribution in [-0.2, 0) is 6.18 Å². The van der Waals surface area contributed by atoms with Gasteiger partial charge in [-0.1, -0.05) is 57.2 Å². The first kappa shape index (κ1) is 23.4. The van der Waals surface area contributed by atoms with Crippen molar-refractivity contribution in [2.75, 3.05) is 5.32 Å². The standard InChI is InChI=1S/C28H29F3N4/c1-18-12-21(15-27(2,3)14-18)34-25-24-23(19-8-5-4-6-9-19)16-35(26(24)33-17-32-25)22-11-7-10-20(13-22)28(29,30)31/h4-11,13,16-18,21H,12,14-15H2,1-3H3,(H,32,33,34)/t18-,21-/m0/s1. The Balaban J connectivity index is 1.66. The molecular formula is C28H29F3N4. The van der Waals surface area contributed by atoms with Crippen LogP contribution >= 0.6 is 0 Å². The Morgan fingerprint density at radius 3 is 2.49 bits per heavy atom. The molecule has 4 aromatic rings. The fourth-order valence-corrected chi connectivity index (χ4v) is 5.69. The van der Waals surface area contributed by atoms with Gasteiger partial charge < -0.3 is 9.88 Å². The minimum atomic E-state index is -4.42. The van der Waals surface area contributed by atoms with E-state index in [2.05, 4.69) is 36.1 Å². The van der Waals surface area contributed by atoms with Crippen LogP contribution in [0.3, 0.4) is 0 Å². The number of anilines is 1. The zero-order valence-electron chi connectivity index (χ0n) is 20.1. The van der Waals surface area contributed by atoms with Gasteiger partial charge in [-0.15, -0.1) is 0 Å². The predicted molar refractivity (Wildman–Crippen MR) is 134 cm³/mol. The van der Waals surface area contributed by atoms with Crippen molar-refractivity contribution in [1.29, 1.82) is 0 Å². The lowest BCUT2D eigenvalue weighted by molar-refractivity contribution is -0.137. The van der Waals surface area contributed by atoms with Crippen molar-refractivity contribution in [3.63, 3.8) is 0 Å². The molecule has 0 bridgehead atoms. The molecule has 2 heterocycles. The summed E-state index contributed by atoms with van der Waals surface area (Å²) in [5, 5.41) is 4.49. The van der Waals surface area contributed by atoms with E-state index in [4.69, 9.17) is 0 Å². The molecule has 1 fully saturated rings. The van der Waals surface area contributed by atoms with Crippen molar-refractivity contribution in [2.24, 2.45) is 11.3 Å². The third-order valence-corrected chi connectivity index (χ3v) is 6.85. The molecule has 4 nitrogen and oxygen atoms in total. The second-order valence-corrected chi connectivity index (χ2v) is 10.5. The molecular weight excluding hydrogens is 449 g/mol. The first-order chi connectivity index (χ1) is 16.6. The number of nitrogens with one attached hydrogen (secondary N) is 1. The van der Waals surface area contributed by atoms with Gasteiger partial charge in [-0.3, -0.25) is 0 Å². The van der Waals surface area contributed by atoms with E-state index in [0.29, 0.717) is 17.3 Å². The fourth-order valence-electron chi connectivity index (χ4n) is 5.69. The minimum absolute atomic E-state index is 0.230. The Morgan fingerprint density at radius 2 is 1.77 bits per heavy atom. The number of nitrogens with zero attached hydrogens (tertiary/aromatic N) is 3. The van der Waals surface area contributed by atoms with Gasteiger partial charge >= 0.3 is 6.18 Å². The molecule has 0 radical (unpaired) electrons. The topological polar surface area (TPSA) is 42.7 Å². The molecule has 0 spiro atoms. The number of halogens is 3. The van der Waals surface area contributed by atoms with Crippen LogP contribution in [0, 0.1) is 11.3 Å². The minimum Gasteiger partial charge on any atom is -0.367 e. The maximum atomic E-state index is 13.4. The van der Waals surface area contributed by atoms with Crippen molar-refractivity contribution in [1.82, 2.24) is 14.5 Å². The summed E-state index contributed by atoms with van der Waals surface area (Å²) < 4.78 is 42.1. The number of alkyl halides is 3. The third-order valence-electron chi connectivity index (χ3n) is 6.85. The van der Waals surface area contributed by atoms with Crippen LogP contribution < -0.4 is 5.32 Å². The molecule has 5 rings (SSSR count). The van der Waals surface area contributed by atoms with Gasteiger partial charge in [0.05, 0.1) is 10.9 Å². The quantitative estimate of drug-likeness (QED) is 0.326. The van der Waals surface area contributed by atoms with Crippen LogP contribution in [0.5, 0.6) is 0 Å². The summed E-state index contributed by atoms with van der Waals surface area (Å²) in [7, 11) is 0. The Morgan fingerprint density at radius 1 is 1.00 bits per heavy atom. The molecule has 1 aliphatic rings. The van der Waals surface area contributed by atoms with Crippen LogP contribution in [0.1, 0.15) is 45.6 Å². The number of benzene rings is 2. The zero-order chi connectivity index (χ0) is 24.8. The Hall–Kier alpha value is -3.35. The molecule has 1 N–H and O–H groups in total. The smallest absolute Gasteiger partial charge is 0.367 e. The lowest BCUT2D eigenvalue weighted by Crippen LogP contribution is -2.35. The van der Waals surface area contributed by atoms with Crippen molar-refractivity contribution in [3.05, 3.63) is 72.7 Å². The normalized spacial score (nSPS) is 20.2. The summed E-state index contributed by atoms with van der Waals surface area (Å²) in [6.45, 7) is 6.88. The summed E-state index contributed by atoms with van der Waals surface area (Å²) in [5.41, 5.74) is 2.35. The van der Waals surface area contributed by atoms with Crippen LogP contribution in [0.2, 0.25) is 0 Å². The van der Waals surface area contributed by atoms with Crippen LogP contribution in [0.4, 0.5) is 19.0 Å². The van der Waals surface area contributed by atoms with Gasteiger partial charge in [0.25, 0.3) is 0 Å². The van der Waals surface area contributed by atoms with Crippen LogP contribution in [0.25, 0.3) is 27.8 Å². The van der Waals surface area contributed by atoms with E-state index in [9.17, 15) is 13.2 Å². The zero-order valence-corrected chi connectivity index (χ0v) is 20.1. The molecule has 0 saturated heterocycles. The van der Waals surface area contributed by atoms with E-state index in [1.165, 1.54) is 18.8 Å². The van der Waals surface area contributed by atoms with E-state index < -0.39 is 11.7 Å². The van der Waals surface area contributed by atoms with E-state index in [1.54, 1.807) is 10.6 Å². The first-order valence-electron chi connectivity index (χ1n) is 12.0. The highest BCUT2D eigenvalue weighted by Gasteiger charge is 2.33. The predicted octanol–water partition coefficient (Wildman–Crippen LogP) is 7.73. The van der Waals surface area contributed by atoms with E-state index in [0.717, 1.165) is 47.3 Å². The second-order valence-electron chi connectivity index (χ2n) is 10.5. The van der Waals surface area contributed by atoms with Crippen molar-refractivity contribution >= 4 is 16.9 Å². The molecule has 2 aromatic heterocycles. The largest absolute Gasteiger partial charge is 0.416 e. The monoisotopic (exact) mass is 478 g/mol. The third kappa shape index (κ3) is 4.77. The Bertz CT molecular complexity index is 1340. The molecule has 7 heteroatoms. The van der Waals surface area contributed by atoms with Crippen LogP contribution in [-0.4, -0.2) is 20.6 Å². The van der Waals surface area contributed by atoms with E-state index in [-0.39, 0.29) is 11.5 Å². The lowest BCUT2D eigenvalue weighted by Gasteiger charge is -2.39. The van der Waals surface area contributed by atoms with Gasteiger partial charge in [-0.2, -0.15) is 13.2 Å². The number of fused-ring (bicyclic) bond motifs is 1. The Kier molecular flexibility index (Phi) is 5.82. The second kappa shape index (κ2) is 8.70. The average Bonchev–Trinajstić information content (AvgIpc) is 3.19. The molecule has 35 heavy (non-hydrogen) atoms. The van der Waals surface area contributed by atoms with Crippen molar-refractivity contribution in [2.45, 2.75) is 52.3 Å². The number of aromatic nitrogens is 3. The SMILES string of the molecule is C[C@H]1C[C@H](Nc2ncnc3c2c(-c2ccccc2)cn3-c2cccc(C(F)(F)F)c2)CC(C)(C)C1.